The number of halogens is 8. The van der Waals surface area contributed by atoms with Gasteiger partial charge in [-0.1, -0.05) is 141 Å². The molecular weight excluding hydrogens is 1770 g/mol. The standard InChI is InChI=1S/C26H24Cl2N4O2.C25H22Cl2N4O2.C24H19Cl2N3O2.C22H17Cl2N3O2/c27-19-8-11-21(12-9-19)30-26(34)22-16-20(28)10-13-23(22)31-25(33)18-6-4-17(5-7-18)24(29)32-14-2-1-3-15-32;26-18-7-10-20(11-8-18)29-25(33)21-15-19(27)9-12-22(21)30-24(32)17-5-3-16(4-6-17)23(28)31-13-1-2-14-31;25-17-7-10-19(11-8-17)28-24(31)20-14-18(26)9-12-22(20)29-23(30)16-5-3-15(4-6-16)21-2-1-13-27-21;1-13(25)14-2-4-15(5-3-14)21(28)27-20-11-8-17(24)12-19(20)22(29)26-18-9-6-16(23)7-10-18/h4-13,16,29H,1-3,14-15H2,(H,30,34)(H,31,33);3-12,15,28H,1-2,13-14H2,(H,29,33)(H,30,32);3-12,14H,1-2,13H2,(H,28,31)(H,29,30);2-12,25H,1H3,(H,26,29)(H,27,28). The predicted molar refractivity (Wildman–Crippen MR) is 514 cm³/mol. The van der Waals surface area contributed by atoms with Gasteiger partial charge in [0.05, 0.1) is 45.0 Å². The Kier molecular flexibility index (Phi) is 32.8. The van der Waals surface area contributed by atoms with Gasteiger partial charge in [0.1, 0.15) is 11.7 Å². The summed E-state index contributed by atoms with van der Waals surface area (Å²) in [4.78, 5) is 111. The Morgan fingerprint density at radius 2 is 0.504 bits per heavy atom. The summed E-state index contributed by atoms with van der Waals surface area (Å²) < 4.78 is 0. The zero-order valence-electron chi connectivity index (χ0n) is 68.0. The van der Waals surface area contributed by atoms with Crippen LogP contribution in [0.3, 0.4) is 0 Å². The van der Waals surface area contributed by atoms with Gasteiger partial charge in [0.2, 0.25) is 0 Å². The summed E-state index contributed by atoms with van der Waals surface area (Å²) >= 11 is 47.9. The molecule has 0 saturated carbocycles. The number of nitrogens with one attached hydrogen (secondary N) is 11. The lowest BCUT2D eigenvalue weighted by molar-refractivity contribution is 0.101. The number of aliphatic imine (C=N–C) groups is 1. The van der Waals surface area contributed by atoms with Crippen LogP contribution in [0.25, 0.3) is 0 Å². The highest BCUT2D eigenvalue weighted by atomic mass is 35.5. The van der Waals surface area contributed by atoms with Crippen molar-refractivity contribution < 1.29 is 38.4 Å². The summed E-state index contributed by atoms with van der Waals surface area (Å²) in [6.07, 6.45) is 7.61. The average Bonchev–Trinajstić information content (AvgIpc) is 1.53. The molecule has 0 aromatic heterocycles. The number of hydrogen-bond acceptors (Lipinski definition) is 12. The van der Waals surface area contributed by atoms with Crippen molar-refractivity contribution in [2.45, 2.75) is 51.9 Å². The monoisotopic (exact) mass is 1850 g/mol. The average molecular weight is 1860 g/mol. The van der Waals surface area contributed by atoms with Crippen LogP contribution in [0.1, 0.15) is 157 Å². The van der Waals surface area contributed by atoms with E-state index in [4.69, 9.17) is 109 Å². The first-order valence-electron chi connectivity index (χ1n) is 40.0. The second-order valence-electron chi connectivity index (χ2n) is 29.2. The molecule has 2 fully saturated rings. The maximum atomic E-state index is 12.9. The van der Waals surface area contributed by atoms with Crippen LogP contribution in [0.15, 0.2) is 272 Å². The third-order valence-corrected chi connectivity index (χ3v) is 22.1. The number of amidine groups is 2. The third-order valence-electron chi connectivity index (χ3n) is 20.2. The number of anilines is 8. The van der Waals surface area contributed by atoms with E-state index in [2.05, 4.69) is 52.4 Å². The van der Waals surface area contributed by atoms with Crippen molar-refractivity contribution >= 4 is 209 Å². The van der Waals surface area contributed by atoms with Crippen LogP contribution in [0.5, 0.6) is 0 Å². The fraction of sp³-hybridized carbons (Fsp3) is 0.134. The van der Waals surface area contributed by atoms with E-state index < -0.39 is 23.6 Å². The van der Waals surface area contributed by atoms with E-state index >= 15 is 0 Å². The Bertz CT molecular complexity index is 6120. The Balaban J connectivity index is 0.000000154. The third kappa shape index (κ3) is 26.5. The van der Waals surface area contributed by atoms with Gasteiger partial charge in [0.15, 0.2) is 0 Å². The summed E-state index contributed by atoms with van der Waals surface area (Å²) in [6, 6.07) is 73.5. The Labute approximate surface area is 773 Å². The molecule has 127 heavy (non-hydrogen) atoms. The number of benzene rings is 12. The van der Waals surface area contributed by atoms with E-state index in [9.17, 15) is 38.4 Å². The second kappa shape index (κ2) is 44.7. The molecule has 12 aromatic carbocycles. The molecule has 0 atom stereocenters. The van der Waals surface area contributed by atoms with Crippen LogP contribution in [0, 0.1) is 16.2 Å². The number of hydrogen-bond donors (Lipinski definition) is 11. The second-order valence-corrected chi connectivity index (χ2v) is 32.7. The summed E-state index contributed by atoms with van der Waals surface area (Å²) in [5.41, 5.74) is 11.1. The minimum Gasteiger partial charge on any atom is -0.357 e. The minimum absolute atomic E-state index is 0.229. The molecule has 15 rings (SSSR count). The van der Waals surface area contributed by atoms with Crippen molar-refractivity contribution in [3.8, 4) is 0 Å². The van der Waals surface area contributed by atoms with Crippen molar-refractivity contribution in [1.29, 1.82) is 16.2 Å². The number of nitrogens with zero attached hydrogens (tertiary/aromatic N) is 3. The maximum Gasteiger partial charge on any atom is 0.257 e. The minimum atomic E-state index is -0.417. The first-order chi connectivity index (χ1) is 61.1. The van der Waals surface area contributed by atoms with E-state index in [1.807, 2.05) is 17.0 Å². The highest BCUT2D eigenvalue weighted by molar-refractivity contribution is 6.34. The van der Waals surface area contributed by atoms with Crippen LogP contribution in [0.4, 0.5) is 45.5 Å². The predicted octanol–water partition coefficient (Wildman–Crippen LogP) is 24.2. The zero-order valence-corrected chi connectivity index (χ0v) is 74.1. The van der Waals surface area contributed by atoms with Crippen molar-refractivity contribution in [2.75, 3.05) is 75.3 Å². The van der Waals surface area contributed by atoms with Crippen LogP contribution >= 0.6 is 92.8 Å². The fourth-order valence-corrected chi connectivity index (χ4v) is 14.6. The number of likely N-dealkylation sites (tertiary alicyclic amines) is 2. The first kappa shape index (κ1) is 93.2. The van der Waals surface area contributed by atoms with Gasteiger partial charge in [-0.2, -0.15) is 0 Å². The van der Waals surface area contributed by atoms with E-state index in [-0.39, 0.29) is 45.9 Å². The highest BCUT2D eigenvalue weighted by Gasteiger charge is 2.24. The molecule has 0 unspecified atom stereocenters. The highest BCUT2D eigenvalue weighted by Crippen LogP contribution is 2.31. The molecule has 3 aliphatic rings. The fourth-order valence-electron chi connectivity index (χ4n) is 13.4. The van der Waals surface area contributed by atoms with Crippen molar-refractivity contribution in [3.63, 3.8) is 0 Å². The van der Waals surface area contributed by atoms with Gasteiger partial charge in [-0.05, 0) is 281 Å². The number of rotatable bonds is 20. The molecule has 3 aliphatic heterocycles. The van der Waals surface area contributed by atoms with Gasteiger partial charge in [0, 0.05) is 140 Å². The van der Waals surface area contributed by atoms with Gasteiger partial charge in [-0.15, -0.1) is 0 Å². The van der Waals surface area contributed by atoms with Gasteiger partial charge in [0.25, 0.3) is 47.3 Å². The summed E-state index contributed by atoms with van der Waals surface area (Å²) in [5.74, 6) is -2.10. The van der Waals surface area contributed by atoms with Crippen molar-refractivity contribution in [1.82, 2.24) is 9.80 Å². The number of amides is 8. The lowest BCUT2D eigenvalue weighted by atomic mass is 10.0. The Morgan fingerprint density at radius 1 is 0.268 bits per heavy atom. The normalized spacial score (nSPS) is 12.4. The van der Waals surface area contributed by atoms with Crippen molar-refractivity contribution in [3.05, 3.63) is 374 Å². The number of carbonyl (C=O) groups excluding carboxylic acids is 8. The van der Waals surface area contributed by atoms with Gasteiger partial charge < -0.3 is 57.7 Å². The zero-order chi connectivity index (χ0) is 90.2. The number of carbonyl (C=O) groups is 8. The molecule has 30 heteroatoms. The molecule has 644 valence electrons. The van der Waals surface area contributed by atoms with Gasteiger partial charge >= 0.3 is 0 Å². The molecule has 0 spiro atoms. The van der Waals surface area contributed by atoms with Crippen LogP contribution < -0.4 is 42.5 Å². The SMILES string of the molecule is CC(=N)c1ccc(C(=O)Nc2ccc(Cl)cc2C(=O)Nc2ccc(Cl)cc2)cc1.N=C(c1ccc(C(=O)Nc2ccc(Cl)cc2C(=O)Nc2ccc(Cl)cc2)cc1)N1CCCC1.N=C(c1ccc(C(=O)Nc2ccc(Cl)cc2C(=O)Nc2ccc(Cl)cc2)cc1)N1CCCCC1.O=C(Nc1ccc(Cl)cc1C(=O)Nc1ccc(Cl)cc1)c1ccc(C2=NCCC2)cc1. The summed E-state index contributed by atoms with van der Waals surface area (Å²) in [6.45, 7) is 6.08. The molecule has 3 heterocycles. The van der Waals surface area contributed by atoms with Crippen molar-refractivity contribution in [2.24, 2.45) is 4.99 Å². The molecule has 2 saturated heterocycles. The van der Waals surface area contributed by atoms with Crippen LogP contribution in [0.2, 0.25) is 40.2 Å². The topological polar surface area (TPSA) is 323 Å². The lowest BCUT2D eigenvalue weighted by Gasteiger charge is -2.29. The molecule has 12 aromatic rings. The first-order valence-corrected chi connectivity index (χ1v) is 43.0. The smallest absolute Gasteiger partial charge is 0.257 e. The molecule has 11 N–H and O–H groups in total. The van der Waals surface area contributed by atoms with E-state index in [0.717, 1.165) is 99.2 Å². The van der Waals surface area contributed by atoms with E-state index in [1.165, 1.54) is 30.7 Å². The molecule has 22 nitrogen and oxygen atoms in total. The Hall–Kier alpha value is -13.0. The molecular formula is C97H82Cl8N14O8. The van der Waals surface area contributed by atoms with E-state index in [1.54, 1.807) is 237 Å². The summed E-state index contributed by atoms with van der Waals surface area (Å²) in [5, 5.41) is 50.4. The molecule has 8 amide bonds. The Morgan fingerprint density at radius 3 is 0.756 bits per heavy atom. The van der Waals surface area contributed by atoms with E-state index in [0.29, 0.717) is 125 Å². The number of piperidine rings is 1. The molecule has 0 aliphatic carbocycles. The quantitative estimate of drug-likeness (QED) is 0.0253. The van der Waals surface area contributed by atoms with Crippen LogP contribution in [-0.4, -0.2) is 113 Å². The van der Waals surface area contributed by atoms with Crippen LogP contribution in [-0.2, 0) is 0 Å². The summed E-state index contributed by atoms with van der Waals surface area (Å²) in [7, 11) is 0. The molecule has 0 bridgehead atoms. The molecule has 0 radical (unpaired) electrons. The van der Waals surface area contributed by atoms with Gasteiger partial charge in [-0.25, -0.2) is 0 Å². The lowest BCUT2D eigenvalue weighted by Crippen LogP contribution is -2.35. The maximum absolute atomic E-state index is 12.9. The van der Waals surface area contributed by atoms with Gasteiger partial charge in [-0.3, -0.25) is 54.2 Å². The largest absolute Gasteiger partial charge is 0.357 e.